The highest BCUT2D eigenvalue weighted by atomic mass is 35.5. The maximum atomic E-state index is 6.19. The molecule has 12 heteroatoms. The van der Waals surface area contributed by atoms with Crippen molar-refractivity contribution in [2.45, 2.75) is 38.4 Å². The summed E-state index contributed by atoms with van der Waals surface area (Å²) in [5.74, 6) is 0.488. The van der Waals surface area contributed by atoms with Crippen LogP contribution >= 0.6 is 22.9 Å². The van der Waals surface area contributed by atoms with E-state index in [0.29, 0.717) is 31.4 Å². The molecule has 170 valence electrons. The van der Waals surface area contributed by atoms with Crippen molar-refractivity contribution in [2.75, 3.05) is 24.3 Å². The molecular formula is C21H21ClN8O2S. The van der Waals surface area contributed by atoms with Gasteiger partial charge in [-0.2, -0.15) is 14.6 Å². The summed E-state index contributed by atoms with van der Waals surface area (Å²) in [6.45, 7) is 3.23. The third-order valence-electron chi connectivity index (χ3n) is 5.94. The lowest BCUT2D eigenvalue weighted by Gasteiger charge is -2.25. The summed E-state index contributed by atoms with van der Waals surface area (Å²) in [6, 6.07) is 2.06. The summed E-state index contributed by atoms with van der Waals surface area (Å²) in [7, 11) is 0. The molecule has 1 spiro atoms. The number of halogens is 1. The van der Waals surface area contributed by atoms with E-state index in [2.05, 4.69) is 36.4 Å². The fraction of sp³-hybridized carbons (Fsp3) is 0.381. The topological polar surface area (TPSA) is 126 Å². The van der Waals surface area contributed by atoms with Gasteiger partial charge in [-0.1, -0.05) is 0 Å². The first-order chi connectivity index (χ1) is 16.0. The number of rotatable bonds is 3. The third-order valence-corrected chi connectivity index (χ3v) is 7.19. The molecule has 0 bridgehead atoms. The highest BCUT2D eigenvalue weighted by molar-refractivity contribution is 7.17. The molecule has 0 radical (unpaired) electrons. The van der Waals surface area contributed by atoms with Crippen LogP contribution < -0.4 is 11.1 Å². The van der Waals surface area contributed by atoms with Crippen LogP contribution in [0.1, 0.15) is 29.7 Å². The predicted molar refractivity (Wildman–Crippen MR) is 125 cm³/mol. The normalized spacial score (nSPS) is 17.4. The van der Waals surface area contributed by atoms with Gasteiger partial charge in [0.05, 0.1) is 35.3 Å². The Kier molecular flexibility index (Phi) is 4.94. The van der Waals surface area contributed by atoms with Crippen molar-refractivity contribution < 1.29 is 9.47 Å². The second-order valence-electron chi connectivity index (χ2n) is 8.21. The molecule has 5 heterocycles. The van der Waals surface area contributed by atoms with Crippen molar-refractivity contribution in [1.82, 2.24) is 29.7 Å². The van der Waals surface area contributed by atoms with Gasteiger partial charge in [0.1, 0.15) is 0 Å². The first-order valence-electron chi connectivity index (χ1n) is 10.7. The van der Waals surface area contributed by atoms with Crippen LogP contribution in [0.2, 0.25) is 5.28 Å². The fourth-order valence-electron chi connectivity index (χ4n) is 4.43. The molecule has 6 rings (SSSR count). The third kappa shape index (κ3) is 3.70. The van der Waals surface area contributed by atoms with Crippen LogP contribution in [0, 0.1) is 6.92 Å². The molecule has 10 nitrogen and oxygen atoms in total. The summed E-state index contributed by atoms with van der Waals surface area (Å²) < 4.78 is 14.2. The van der Waals surface area contributed by atoms with Crippen LogP contribution in [-0.2, 0) is 22.3 Å². The van der Waals surface area contributed by atoms with Gasteiger partial charge in [0.25, 0.3) is 0 Å². The number of hydrogen-bond acceptors (Lipinski definition) is 10. The van der Waals surface area contributed by atoms with Gasteiger partial charge in [-0.3, -0.25) is 4.98 Å². The first-order valence-corrected chi connectivity index (χ1v) is 11.9. The summed E-state index contributed by atoms with van der Waals surface area (Å²) in [4.78, 5) is 17.7. The lowest BCUT2D eigenvalue weighted by Crippen LogP contribution is -2.32. The minimum Gasteiger partial charge on any atom is -0.368 e. The molecule has 33 heavy (non-hydrogen) atoms. The standard InChI is InChI=1S/C21H21ClN8O2S/c1-11-10-33-16-15(11)26-18(22)27-17(16)30-19(23)28-20(29-30)25-13-7-12-8-21(31-5-6-32-21)4-2-3-14(12)24-9-13/h7,9-10H,2-6,8H2,1H3,(H3,23,25,28,29). The van der Waals surface area contributed by atoms with E-state index >= 15 is 0 Å². The van der Waals surface area contributed by atoms with Crippen molar-refractivity contribution >= 4 is 50.7 Å². The quantitative estimate of drug-likeness (QED) is 0.419. The van der Waals surface area contributed by atoms with Gasteiger partial charge in [0.2, 0.25) is 17.2 Å². The Morgan fingerprint density at radius 1 is 1.24 bits per heavy atom. The Morgan fingerprint density at radius 2 is 2.09 bits per heavy atom. The van der Waals surface area contributed by atoms with Gasteiger partial charge in [-0.25, -0.2) is 4.98 Å². The average Bonchev–Trinajstić information content (AvgIpc) is 3.45. The van der Waals surface area contributed by atoms with E-state index in [1.165, 1.54) is 16.0 Å². The fourth-order valence-corrected chi connectivity index (χ4v) is 5.56. The molecule has 1 aliphatic carbocycles. The van der Waals surface area contributed by atoms with Gasteiger partial charge < -0.3 is 20.5 Å². The molecular weight excluding hydrogens is 464 g/mol. The molecule has 0 unspecified atom stereocenters. The second kappa shape index (κ2) is 7.87. The number of aryl methyl sites for hydroxylation is 2. The number of anilines is 3. The van der Waals surface area contributed by atoms with Crippen molar-refractivity contribution in [2.24, 2.45) is 0 Å². The number of pyridine rings is 1. The number of ether oxygens (including phenoxy) is 2. The number of nitrogens with two attached hydrogens (primary N) is 1. The zero-order chi connectivity index (χ0) is 22.6. The molecule has 1 aliphatic heterocycles. The van der Waals surface area contributed by atoms with Crippen molar-refractivity contribution in [3.8, 4) is 5.82 Å². The van der Waals surface area contributed by atoms with E-state index < -0.39 is 5.79 Å². The van der Waals surface area contributed by atoms with Crippen LogP contribution in [0.4, 0.5) is 17.6 Å². The van der Waals surface area contributed by atoms with E-state index in [9.17, 15) is 0 Å². The maximum absolute atomic E-state index is 6.19. The minimum atomic E-state index is -0.535. The molecule has 2 aliphatic rings. The predicted octanol–water partition coefficient (Wildman–Crippen LogP) is 3.58. The zero-order valence-corrected chi connectivity index (χ0v) is 19.4. The van der Waals surface area contributed by atoms with Gasteiger partial charge in [0.15, 0.2) is 11.6 Å². The second-order valence-corrected chi connectivity index (χ2v) is 9.43. The molecule has 1 fully saturated rings. The minimum absolute atomic E-state index is 0.128. The summed E-state index contributed by atoms with van der Waals surface area (Å²) in [6.07, 6.45) is 5.20. The Morgan fingerprint density at radius 3 is 2.94 bits per heavy atom. The highest BCUT2D eigenvalue weighted by Gasteiger charge is 2.38. The monoisotopic (exact) mass is 484 g/mol. The Labute approximate surface area is 198 Å². The lowest BCUT2D eigenvalue weighted by molar-refractivity contribution is -0.160. The molecule has 0 aromatic carbocycles. The van der Waals surface area contributed by atoms with Crippen LogP contribution in [-0.4, -0.2) is 48.7 Å². The van der Waals surface area contributed by atoms with Crippen molar-refractivity contribution in [1.29, 1.82) is 0 Å². The highest BCUT2D eigenvalue weighted by Crippen LogP contribution is 2.35. The molecule has 1 saturated heterocycles. The maximum Gasteiger partial charge on any atom is 0.248 e. The smallest absolute Gasteiger partial charge is 0.248 e. The number of hydrogen-bond donors (Lipinski definition) is 2. The van der Waals surface area contributed by atoms with E-state index in [1.54, 1.807) is 6.20 Å². The number of nitrogens with zero attached hydrogens (tertiary/aromatic N) is 6. The van der Waals surface area contributed by atoms with Crippen molar-refractivity contribution in [3.63, 3.8) is 0 Å². The van der Waals surface area contributed by atoms with Crippen LogP contribution in [0.15, 0.2) is 17.6 Å². The van der Waals surface area contributed by atoms with Gasteiger partial charge >= 0.3 is 0 Å². The largest absolute Gasteiger partial charge is 0.368 e. The first kappa shape index (κ1) is 20.7. The molecule has 0 atom stereocenters. The number of thiophene rings is 1. The Bertz CT molecular complexity index is 1360. The van der Waals surface area contributed by atoms with Crippen molar-refractivity contribution in [3.05, 3.63) is 39.7 Å². The molecule has 0 amide bonds. The Hall–Kier alpha value is -2.86. The lowest BCUT2D eigenvalue weighted by atomic mass is 10.0. The number of nitrogens with one attached hydrogen (secondary N) is 1. The molecule has 4 aromatic heterocycles. The van der Waals surface area contributed by atoms with E-state index in [4.69, 9.17) is 26.8 Å². The average molecular weight is 485 g/mol. The van der Waals surface area contributed by atoms with Gasteiger partial charge in [-0.05, 0) is 53.9 Å². The summed E-state index contributed by atoms with van der Waals surface area (Å²) in [5, 5.41) is 9.87. The van der Waals surface area contributed by atoms with Crippen LogP contribution in [0.25, 0.3) is 16.0 Å². The van der Waals surface area contributed by atoms with E-state index in [0.717, 1.165) is 52.0 Å². The Balaban J connectivity index is 1.32. The number of aromatic nitrogens is 6. The number of fused-ring (bicyclic) bond motifs is 2. The van der Waals surface area contributed by atoms with E-state index in [1.807, 2.05) is 12.3 Å². The van der Waals surface area contributed by atoms with Crippen LogP contribution in [0.5, 0.6) is 0 Å². The van der Waals surface area contributed by atoms with Crippen LogP contribution in [0.3, 0.4) is 0 Å². The molecule has 3 N–H and O–H groups in total. The zero-order valence-electron chi connectivity index (χ0n) is 17.8. The molecule has 0 saturated carbocycles. The molecule has 4 aromatic rings. The summed E-state index contributed by atoms with van der Waals surface area (Å²) >= 11 is 7.67. The SMILES string of the molecule is Cc1csc2c(-n3nc(Nc4cnc5c(c4)CC4(CCC5)OCCO4)nc3N)nc(Cl)nc12. The number of nitrogen functional groups attached to an aromatic ring is 1. The van der Waals surface area contributed by atoms with E-state index in [-0.39, 0.29) is 11.2 Å². The van der Waals surface area contributed by atoms with Gasteiger partial charge in [0, 0.05) is 18.5 Å². The summed E-state index contributed by atoms with van der Waals surface area (Å²) in [5.41, 5.74) is 10.9. The van der Waals surface area contributed by atoms with Gasteiger partial charge in [-0.15, -0.1) is 16.4 Å².